The third kappa shape index (κ3) is 6.21. The Bertz CT molecular complexity index is 727. The Hall–Kier alpha value is -2.64. The molecule has 1 aliphatic rings. The molecule has 0 atom stereocenters. The summed E-state index contributed by atoms with van der Waals surface area (Å²) in [5.74, 6) is -0.379. The van der Waals surface area contributed by atoms with E-state index in [0.717, 1.165) is 44.8 Å². The predicted octanol–water partition coefficient (Wildman–Crippen LogP) is 1.76. The molecule has 1 saturated heterocycles. The summed E-state index contributed by atoms with van der Waals surface area (Å²) < 4.78 is 10.4. The number of hydrogen-bond acceptors (Lipinski definition) is 5. The monoisotopic (exact) mass is 385 g/mol. The highest BCUT2D eigenvalue weighted by atomic mass is 16.5. The van der Waals surface area contributed by atoms with Crippen molar-refractivity contribution in [2.45, 2.75) is 13.0 Å². The molecule has 0 spiro atoms. The van der Waals surface area contributed by atoms with Gasteiger partial charge in [0.1, 0.15) is 12.8 Å². The average molecular weight is 385 g/mol. The molecule has 0 aliphatic carbocycles. The fourth-order valence-electron chi connectivity index (χ4n) is 3.16. The van der Waals surface area contributed by atoms with E-state index in [1.807, 2.05) is 30.3 Å². The summed E-state index contributed by atoms with van der Waals surface area (Å²) in [6.45, 7) is 5.34. The molecule has 0 unspecified atom stereocenters. The predicted molar refractivity (Wildman–Crippen MR) is 105 cm³/mol. The van der Waals surface area contributed by atoms with Crippen molar-refractivity contribution in [2.75, 3.05) is 45.9 Å². The van der Waals surface area contributed by atoms with Gasteiger partial charge in [0.15, 0.2) is 0 Å². The number of carbonyl (C=O) groups is 2. The Morgan fingerprint density at radius 1 is 1.11 bits per heavy atom. The van der Waals surface area contributed by atoms with Gasteiger partial charge in [-0.15, -0.1) is 0 Å². The number of hydrogen-bond donors (Lipinski definition) is 1. The second-order valence-corrected chi connectivity index (χ2v) is 6.82. The van der Waals surface area contributed by atoms with E-state index in [1.54, 1.807) is 6.07 Å². The molecule has 0 radical (unpaired) electrons. The quantitative estimate of drug-likeness (QED) is 0.666. The lowest BCUT2D eigenvalue weighted by Crippen LogP contribution is -2.41. The molecule has 1 aromatic heterocycles. The summed E-state index contributed by atoms with van der Waals surface area (Å²) >= 11 is 0. The second-order valence-electron chi connectivity index (χ2n) is 6.82. The highest BCUT2D eigenvalue weighted by Crippen LogP contribution is 2.10. The van der Waals surface area contributed by atoms with Gasteiger partial charge in [-0.25, -0.2) is 0 Å². The zero-order valence-corrected chi connectivity index (χ0v) is 16.0. The minimum Gasteiger partial charge on any atom is -0.472 e. The first kappa shape index (κ1) is 20.1. The first-order chi connectivity index (χ1) is 13.7. The first-order valence-electron chi connectivity index (χ1n) is 9.64. The van der Waals surface area contributed by atoms with Crippen LogP contribution in [-0.2, 0) is 16.1 Å². The van der Waals surface area contributed by atoms with Gasteiger partial charge in [0.25, 0.3) is 5.91 Å². The van der Waals surface area contributed by atoms with Crippen LogP contribution in [0.3, 0.4) is 0 Å². The maximum absolute atomic E-state index is 12.7. The summed E-state index contributed by atoms with van der Waals surface area (Å²) in [7, 11) is 0. The van der Waals surface area contributed by atoms with Gasteiger partial charge in [0.2, 0.25) is 5.91 Å². The van der Waals surface area contributed by atoms with Crippen molar-refractivity contribution in [3.8, 4) is 0 Å². The third-order valence-corrected chi connectivity index (χ3v) is 4.68. The molecule has 1 aromatic carbocycles. The summed E-state index contributed by atoms with van der Waals surface area (Å²) in [5, 5.41) is 2.92. The van der Waals surface area contributed by atoms with Crippen molar-refractivity contribution in [3.05, 3.63) is 60.1 Å². The lowest BCUT2D eigenvalue weighted by atomic mass is 10.2. The van der Waals surface area contributed by atoms with Crippen molar-refractivity contribution in [1.29, 1.82) is 0 Å². The summed E-state index contributed by atoms with van der Waals surface area (Å²) in [5.41, 5.74) is 1.41. The van der Waals surface area contributed by atoms with Gasteiger partial charge in [-0.05, 0) is 24.6 Å². The van der Waals surface area contributed by atoms with Crippen LogP contribution in [0.15, 0.2) is 53.3 Å². The first-order valence-corrected chi connectivity index (χ1v) is 9.64. The lowest BCUT2D eigenvalue weighted by molar-refractivity contribution is -0.121. The fraction of sp³-hybridized carbons (Fsp3) is 0.429. The molecule has 28 heavy (non-hydrogen) atoms. The molecule has 3 rings (SSSR count). The van der Waals surface area contributed by atoms with E-state index in [0.29, 0.717) is 18.7 Å². The number of morpholine rings is 1. The minimum absolute atomic E-state index is 0.0104. The Kier molecular flexibility index (Phi) is 7.63. The van der Waals surface area contributed by atoms with E-state index in [2.05, 4.69) is 10.2 Å². The Balaban J connectivity index is 1.49. The summed E-state index contributed by atoms with van der Waals surface area (Å²) in [4.78, 5) is 29.0. The molecular formula is C21H27N3O4. The van der Waals surface area contributed by atoms with Gasteiger partial charge in [0, 0.05) is 26.2 Å². The third-order valence-electron chi connectivity index (χ3n) is 4.68. The van der Waals surface area contributed by atoms with Crippen LogP contribution in [0.4, 0.5) is 0 Å². The standard InChI is InChI=1S/C21H27N3O4/c25-20(22-8-4-9-23-10-13-27-14-11-23)16-24(15-18-5-2-1-3-6-18)21(26)19-7-12-28-17-19/h1-3,5-7,12,17H,4,8-11,13-16H2,(H,22,25). The van der Waals surface area contributed by atoms with Crippen molar-refractivity contribution in [1.82, 2.24) is 15.1 Å². The molecule has 1 N–H and O–H groups in total. The number of furan rings is 1. The molecule has 150 valence electrons. The second kappa shape index (κ2) is 10.6. The Morgan fingerprint density at radius 2 is 1.89 bits per heavy atom. The maximum atomic E-state index is 12.7. The lowest BCUT2D eigenvalue weighted by Gasteiger charge is -2.26. The fourth-order valence-corrected chi connectivity index (χ4v) is 3.16. The van der Waals surface area contributed by atoms with Crippen LogP contribution in [0.5, 0.6) is 0 Å². The number of nitrogens with zero attached hydrogens (tertiary/aromatic N) is 2. The smallest absolute Gasteiger partial charge is 0.257 e. The zero-order valence-electron chi connectivity index (χ0n) is 16.0. The van der Waals surface area contributed by atoms with E-state index < -0.39 is 0 Å². The van der Waals surface area contributed by atoms with Gasteiger partial charge in [0.05, 0.1) is 25.0 Å². The molecule has 1 fully saturated rings. The van der Waals surface area contributed by atoms with Gasteiger partial charge >= 0.3 is 0 Å². The molecular weight excluding hydrogens is 358 g/mol. The van der Waals surface area contributed by atoms with Gasteiger partial charge < -0.3 is 19.4 Å². The van der Waals surface area contributed by atoms with E-state index >= 15 is 0 Å². The Labute approximate surface area is 165 Å². The number of rotatable bonds is 9. The molecule has 0 bridgehead atoms. The average Bonchev–Trinajstić information content (AvgIpc) is 3.27. The van der Waals surface area contributed by atoms with E-state index in [-0.39, 0.29) is 18.4 Å². The molecule has 0 saturated carbocycles. The minimum atomic E-state index is -0.221. The van der Waals surface area contributed by atoms with Crippen LogP contribution in [0.25, 0.3) is 0 Å². The van der Waals surface area contributed by atoms with Gasteiger partial charge in [-0.3, -0.25) is 14.5 Å². The van der Waals surface area contributed by atoms with Crippen LogP contribution >= 0.6 is 0 Å². The number of nitrogens with one attached hydrogen (secondary N) is 1. The van der Waals surface area contributed by atoms with Crippen molar-refractivity contribution >= 4 is 11.8 Å². The molecule has 1 aliphatic heterocycles. The molecule has 7 heteroatoms. The van der Waals surface area contributed by atoms with Crippen LogP contribution in [0.2, 0.25) is 0 Å². The summed E-state index contributed by atoms with van der Waals surface area (Å²) in [6.07, 6.45) is 3.74. The van der Waals surface area contributed by atoms with Crippen LogP contribution in [0, 0.1) is 0 Å². The van der Waals surface area contributed by atoms with Crippen molar-refractivity contribution < 1.29 is 18.7 Å². The number of benzene rings is 1. The maximum Gasteiger partial charge on any atom is 0.257 e. The molecule has 2 aromatic rings. The number of amides is 2. The van der Waals surface area contributed by atoms with Crippen LogP contribution < -0.4 is 5.32 Å². The largest absolute Gasteiger partial charge is 0.472 e. The summed E-state index contributed by atoms with van der Waals surface area (Å²) in [6, 6.07) is 11.3. The number of ether oxygens (including phenoxy) is 1. The highest BCUT2D eigenvalue weighted by Gasteiger charge is 2.20. The topological polar surface area (TPSA) is 75.0 Å². The zero-order chi connectivity index (χ0) is 19.6. The normalized spacial score (nSPS) is 14.6. The van der Waals surface area contributed by atoms with E-state index in [4.69, 9.17) is 9.15 Å². The molecule has 7 nitrogen and oxygen atoms in total. The van der Waals surface area contributed by atoms with Crippen LogP contribution in [0.1, 0.15) is 22.3 Å². The Morgan fingerprint density at radius 3 is 2.61 bits per heavy atom. The van der Waals surface area contributed by atoms with E-state index in [1.165, 1.54) is 17.4 Å². The molecule has 2 amide bonds. The van der Waals surface area contributed by atoms with Crippen LogP contribution in [-0.4, -0.2) is 67.6 Å². The number of carbonyl (C=O) groups excluding carboxylic acids is 2. The van der Waals surface area contributed by atoms with Crippen molar-refractivity contribution in [2.24, 2.45) is 0 Å². The van der Waals surface area contributed by atoms with E-state index in [9.17, 15) is 9.59 Å². The van der Waals surface area contributed by atoms with Gasteiger partial charge in [-0.2, -0.15) is 0 Å². The molecule has 2 heterocycles. The highest BCUT2D eigenvalue weighted by molar-refractivity contribution is 5.96. The SMILES string of the molecule is O=C(CN(Cc1ccccc1)C(=O)c1ccoc1)NCCCN1CCOCC1. The van der Waals surface area contributed by atoms with Gasteiger partial charge in [-0.1, -0.05) is 30.3 Å². The van der Waals surface area contributed by atoms with Crippen molar-refractivity contribution in [3.63, 3.8) is 0 Å².